The SMILES string of the molecule is CO[N+](CC(O)CCl)(OC)OC.[Cl-]. The maximum Gasteiger partial charge on any atom is 0.205 e. The van der Waals surface area contributed by atoms with Crippen molar-refractivity contribution in [1.29, 1.82) is 0 Å². The third-order valence-corrected chi connectivity index (χ3v) is 1.80. The highest BCUT2D eigenvalue weighted by atomic mass is 35.5. The van der Waals surface area contributed by atoms with Crippen molar-refractivity contribution in [2.45, 2.75) is 6.10 Å². The van der Waals surface area contributed by atoms with Gasteiger partial charge in [0.2, 0.25) is 6.54 Å². The van der Waals surface area contributed by atoms with Gasteiger partial charge in [0.15, 0.2) is 0 Å². The smallest absolute Gasteiger partial charge is 0.205 e. The predicted octanol–water partition coefficient (Wildman–Crippen LogP) is -2.91. The van der Waals surface area contributed by atoms with Crippen LogP contribution < -0.4 is 12.4 Å². The maximum atomic E-state index is 9.20. The van der Waals surface area contributed by atoms with Crippen LogP contribution in [-0.2, 0) is 14.5 Å². The van der Waals surface area contributed by atoms with Gasteiger partial charge in [0.05, 0.1) is 10.9 Å². The van der Waals surface area contributed by atoms with Crippen LogP contribution in [0.2, 0.25) is 0 Å². The molecule has 0 fully saturated rings. The van der Waals surface area contributed by atoms with Crippen LogP contribution in [0.25, 0.3) is 0 Å². The monoisotopic (exact) mass is 235 g/mol. The summed E-state index contributed by atoms with van der Waals surface area (Å²) < 4.78 is 0. The molecule has 0 aliphatic heterocycles. The van der Waals surface area contributed by atoms with Gasteiger partial charge in [-0.1, -0.05) is 0 Å². The van der Waals surface area contributed by atoms with E-state index in [2.05, 4.69) is 0 Å². The molecule has 0 spiro atoms. The van der Waals surface area contributed by atoms with Gasteiger partial charge >= 0.3 is 0 Å². The molecule has 0 saturated carbocycles. The molecule has 82 valence electrons. The molecule has 0 aromatic rings. The largest absolute Gasteiger partial charge is 1.00 e. The molecule has 13 heavy (non-hydrogen) atoms. The Balaban J connectivity index is 0. The average molecular weight is 236 g/mol. The van der Waals surface area contributed by atoms with Crippen molar-refractivity contribution in [2.75, 3.05) is 33.8 Å². The van der Waals surface area contributed by atoms with Gasteiger partial charge in [0.25, 0.3) is 0 Å². The summed E-state index contributed by atoms with van der Waals surface area (Å²) in [6, 6.07) is 0. The van der Waals surface area contributed by atoms with Gasteiger partial charge in [-0.15, -0.1) is 26.1 Å². The van der Waals surface area contributed by atoms with Gasteiger partial charge in [-0.2, -0.15) is 0 Å². The molecule has 1 atom stereocenters. The Hall–Kier alpha value is 0.380. The Morgan fingerprint density at radius 3 is 1.85 bits per heavy atom. The molecule has 0 amide bonds. The zero-order valence-electron chi connectivity index (χ0n) is 7.87. The van der Waals surface area contributed by atoms with E-state index in [1.165, 1.54) is 21.3 Å². The second kappa shape index (κ2) is 7.75. The van der Waals surface area contributed by atoms with Gasteiger partial charge in [-0.05, 0) is 0 Å². The van der Waals surface area contributed by atoms with E-state index in [0.29, 0.717) is 0 Å². The van der Waals surface area contributed by atoms with Crippen molar-refractivity contribution in [3.63, 3.8) is 0 Å². The highest BCUT2D eigenvalue weighted by Crippen LogP contribution is 2.09. The highest BCUT2D eigenvalue weighted by Gasteiger charge is 2.33. The van der Waals surface area contributed by atoms with Crippen LogP contribution in [-0.4, -0.2) is 49.9 Å². The molecule has 5 nitrogen and oxygen atoms in total. The Bertz CT molecular complexity index is 115. The van der Waals surface area contributed by atoms with Crippen LogP contribution in [0.5, 0.6) is 0 Å². The first-order valence-electron chi connectivity index (χ1n) is 3.43. The molecular formula is C6H15Cl2NO4. The Kier molecular flexibility index (Phi) is 9.44. The van der Waals surface area contributed by atoms with Crippen LogP contribution in [0.15, 0.2) is 0 Å². The molecule has 1 unspecified atom stereocenters. The van der Waals surface area contributed by atoms with Crippen LogP contribution in [0.1, 0.15) is 0 Å². The molecule has 0 aromatic heterocycles. The molecule has 1 N–H and O–H groups in total. The van der Waals surface area contributed by atoms with E-state index in [1.807, 2.05) is 0 Å². The van der Waals surface area contributed by atoms with Crippen molar-refractivity contribution >= 4 is 11.6 Å². The number of hydrogen-bond donors (Lipinski definition) is 1. The van der Waals surface area contributed by atoms with Gasteiger partial charge in [-0.25, -0.2) is 0 Å². The van der Waals surface area contributed by atoms with Gasteiger partial charge in [0.1, 0.15) is 27.4 Å². The Morgan fingerprint density at radius 2 is 1.62 bits per heavy atom. The second-order valence-corrected chi connectivity index (χ2v) is 2.46. The fourth-order valence-corrected chi connectivity index (χ4v) is 0.852. The molecule has 7 heteroatoms. The minimum Gasteiger partial charge on any atom is -1.00 e. The third kappa shape index (κ3) is 4.97. The number of aliphatic hydroxyl groups excluding tert-OH is 1. The fraction of sp³-hybridized carbons (Fsp3) is 1.00. The maximum absolute atomic E-state index is 9.20. The summed E-state index contributed by atoms with van der Waals surface area (Å²) in [6.45, 7) is 0.118. The van der Waals surface area contributed by atoms with E-state index in [9.17, 15) is 5.11 Å². The normalized spacial score (nSPS) is 13.6. The van der Waals surface area contributed by atoms with Crippen LogP contribution in [0, 0.1) is 0 Å². The quantitative estimate of drug-likeness (QED) is 0.305. The Morgan fingerprint density at radius 1 is 1.23 bits per heavy atom. The summed E-state index contributed by atoms with van der Waals surface area (Å²) in [6.07, 6.45) is -0.730. The summed E-state index contributed by atoms with van der Waals surface area (Å²) in [4.78, 5) is 14.1. The fourth-order valence-electron chi connectivity index (χ4n) is 0.754. The van der Waals surface area contributed by atoms with Crippen molar-refractivity contribution in [3.8, 4) is 0 Å². The molecule has 0 aromatic carbocycles. The number of alkyl halides is 1. The number of halogens is 2. The first kappa shape index (κ1) is 15.8. The van der Waals surface area contributed by atoms with Crippen molar-refractivity contribution < 1.29 is 37.0 Å². The van der Waals surface area contributed by atoms with Gasteiger partial charge < -0.3 is 17.5 Å². The van der Waals surface area contributed by atoms with Crippen LogP contribution in [0.4, 0.5) is 0 Å². The number of hydrogen-bond acceptors (Lipinski definition) is 4. The first-order chi connectivity index (χ1) is 5.64. The van der Waals surface area contributed by atoms with Gasteiger partial charge in [0, 0.05) is 0 Å². The predicted molar refractivity (Wildman–Crippen MR) is 42.9 cm³/mol. The van der Waals surface area contributed by atoms with E-state index >= 15 is 0 Å². The number of hydroxylamine groups is 3. The lowest BCUT2D eigenvalue weighted by Gasteiger charge is -2.26. The molecule has 0 aliphatic carbocycles. The molecular weight excluding hydrogens is 221 g/mol. The summed E-state index contributed by atoms with van der Waals surface area (Å²) in [5.74, 6) is 0.107. The van der Waals surface area contributed by atoms with E-state index in [-0.39, 0.29) is 24.8 Å². The number of nitrogens with zero attached hydrogens (tertiary/aromatic N) is 1. The number of aliphatic hydroxyl groups is 1. The zero-order chi connectivity index (χ0) is 9.61. The topological polar surface area (TPSA) is 47.9 Å². The zero-order valence-corrected chi connectivity index (χ0v) is 9.38. The molecule has 0 rings (SSSR count). The summed E-state index contributed by atoms with van der Waals surface area (Å²) in [5, 5.41) is 9.20. The summed E-state index contributed by atoms with van der Waals surface area (Å²) in [5.41, 5.74) is 0. The van der Waals surface area contributed by atoms with Crippen molar-refractivity contribution in [3.05, 3.63) is 0 Å². The van der Waals surface area contributed by atoms with Crippen molar-refractivity contribution in [2.24, 2.45) is 0 Å². The minimum atomic E-state index is -0.730. The molecule has 0 aliphatic rings. The second-order valence-electron chi connectivity index (χ2n) is 2.15. The lowest BCUT2D eigenvalue weighted by molar-refractivity contribution is -1.36. The van der Waals surface area contributed by atoms with Crippen LogP contribution >= 0.6 is 11.6 Å². The van der Waals surface area contributed by atoms with E-state index < -0.39 is 11.1 Å². The van der Waals surface area contributed by atoms with Crippen molar-refractivity contribution in [1.82, 2.24) is 0 Å². The number of quaternary nitrogens is 1. The van der Waals surface area contributed by atoms with E-state index in [0.717, 1.165) is 0 Å². The molecule has 0 radical (unpaired) electrons. The standard InChI is InChI=1S/C6H15ClNO4.ClH/c1-10-8(11-2,12-3)5-6(9)4-7;/h6,9H,4-5H2,1-3H3;1H/q+1;/p-1. The minimum absolute atomic E-state index is 0. The molecule has 0 saturated heterocycles. The van der Waals surface area contributed by atoms with Gasteiger partial charge in [-0.3, -0.25) is 0 Å². The molecule has 0 bridgehead atoms. The third-order valence-electron chi connectivity index (χ3n) is 1.45. The highest BCUT2D eigenvalue weighted by molar-refractivity contribution is 6.18. The first-order valence-corrected chi connectivity index (χ1v) is 3.97. The lowest BCUT2D eigenvalue weighted by Crippen LogP contribution is -3.00. The summed E-state index contributed by atoms with van der Waals surface area (Å²) in [7, 11) is 4.23. The average Bonchev–Trinajstić information content (AvgIpc) is 2.14. The van der Waals surface area contributed by atoms with E-state index in [4.69, 9.17) is 26.1 Å². The Labute approximate surface area is 89.0 Å². The van der Waals surface area contributed by atoms with E-state index in [1.54, 1.807) is 0 Å². The van der Waals surface area contributed by atoms with Crippen LogP contribution in [0.3, 0.4) is 0 Å². The summed E-state index contributed by atoms with van der Waals surface area (Å²) >= 11 is 5.40. The lowest BCUT2D eigenvalue weighted by atomic mass is 10.4. The molecule has 0 heterocycles. The number of rotatable bonds is 6.